The molecule has 0 radical (unpaired) electrons. The maximum Gasteiger partial charge on any atom is 0.0170 e. The molecule has 2 saturated carbocycles. The molecular formula is C18H36N2. The highest BCUT2D eigenvalue weighted by Crippen LogP contribution is 2.30. The molecule has 0 aromatic heterocycles. The molecule has 1 atom stereocenters. The molecule has 20 heavy (non-hydrogen) atoms. The van der Waals surface area contributed by atoms with Crippen LogP contribution in [0.3, 0.4) is 0 Å². The fourth-order valence-electron chi connectivity index (χ4n) is 4.37. The number of hydrogen-bond donors (Lipinski definition) is 1. The van der Waals surface area contributed by atoms with Gasteiger partial charge in [0.25, 0.3) is 0 Å². The first-order chi connectivity index (χ1) is 9.66. The van der Waals surface area contributed by atoms with E-state index < -0.39 is 0 Å². The van der Waals surface area contributed by atoms with Gasteiger partial charge in [-0.1, -0.05) is 52.4 Å². The van der Waals surface area contributed by atoms with Gasteiger partial charge in [-0.2, -0.15) is 0 Å². The van der Waals surface area contributed by atoms with E-state index in [1.165, 1.54) is 70.6 Å². The lowest BCUT2D eigenvalue weighted by molar-refractivity contribution is 0.0723. The smallest absolute Gasteiger partial charge is 0.0170 e. The summed E-state index contributed by atoms with van der Waals surface area (Å²) < 4.78 is 0. The van der Waals surface area contributed by atoms with Crippen LogP contribution in [0.25, 0.3) is 0 Å². The minimum Gasteiger partial charge on any atom is -0.327 e. The zero-order chi connectivity index (χ0) is 14.4. The van der Waals surface area contributed by atoms with Gasteiger partial charge in [0.2, 0.25) is 0 Å². The van der Waals surface area contributed by atoms with Crippen LogP contribution in [0.5, 0.6) is 0 Å². The largest absolute Gasteiger partial charge is 0.327 e. The molecule has 2 aliphatic rings. The molecule has 2 heteroatoms. The van der Waals surface area contributed by atoms with E-state index in [0.717, 1.165) is 24.5 Å². The topological polar surface area (TPSA) is 29.3 Å². The maximum absolute atomic E-state index is 6.45. The van der Waals surface area contributed by atoms with Crippen LogP contribution < -0.4 is 5.73 Å². The minimum atomic E-state index is 0.374. The summed E-state index contributed by atoms with van der Waals surface area (Å²) in [6.07, 6.45) is 15.5. The Morgan fingerprint density at radius 1 is 0.850 bits per heavy atom. The molecular weight excluding hydrogens is 244 g/mol. The molecule has 118 valence electrons. The molecule has 2 fully saturated rings. The van der Waals surface area contributed by atoms with Crippen LogP contribution in [0.2, 0.25) is 0 Å². The van der Waals surface area contributed by atoms with Gasteiger partial charge >= 0.3 is 0 Å². The van der Waals surface area contributed by atoms with Crippen molar-refractivity contribution >= 4 is 0 Å². The Morgan fingerprint density at radius 3 is 1.70 bits per heavy atom. The van der Waals surface area contributed by atoms with Crippen LogP contribution in [-0.4, -0.2) is 29.6 Å². The van der Waals surface area contributed by atoms with Crippen LogP contribution in [-0.2, 0) is 0 Å². The lowest BCUT2D eigenvalue weighted by Gasteiger charge is -2.43. The fraction of sp³-hybridized carbons (Fsp3) is 1.00. The predicted molar refractivity (Wildman–Crippen MR) is 87.9 cm³/mol. The zero-order valence-electron chi connectivity index (χ0n) is 13.8. The van der Waals surface area contributed by atoms with E-state index in [-0.39, 0.29) is 0 Å². The third-order valence-electron chi connectivity index (χ3n) is 5.31. The molecule has 0 heterocycles. The number of nitrogens with zero attached hydrogens (tertiary/aromatic N) is 1. The fourth-order valence-corrected chi connectivity index (χ4v) is 4.37. The maximum atomic E-state index is 6.45. The van der Waals surface area contributed by atoms with Crippen molar-refractivity contribution < 1.29 is 0 Å². The van der Waals surface area contributed by atoms with E-state index in [9.17, 15) is 0 Å². The van der Waals surface area contributed by atoms with E-state index in [0.29, 0.717) is 6.04 Å². The molecule has 0 saturated heterocycles. The zero-order valence-corrected chi connectivity index (χ0v) is 13.8. The Kier molecular flexibility index (Phi) is 6.83. The van der Waals surface area contributed by atoms with Crippen LogP contribution in [0.1, 0.15) is 84.5 Å². The Bertz CT molecular complexity index is 234. The molecule has 0 spiro atoms. The standard InChI is InChI=1S/C18H36N2/c1-15(2)13-16(19)14-20(17-9-5-3-6-10-17)18-11-7-4-8-12-18/h15-18H,3-14,19H2,1-2H3. The summed E-state index contributed by atoms with van der Waals surface area (Å²) in [6, 6.07) is 2.05. The summed E-state index contributed by atoms with van der Waals surface area (Å²) >= 11 is 0. The molecule has 0 aliphatic heterocycles. The molecule has 2 N–H and O–H groups in total. The Labute approximate surface area is 126 Å². The molecule has 2 rings (SSSR count). The van der Waals surface area contributed by atoms with E-state index >= 15 is 0 Å². The van der Waals surface area contributed by atoms with E-state index in [1.807, 2.05) is 0 Å². The van der Waals surface area contributed by atoms with Crippen molar-refractivity contribution in [2.45, 2.75) is 103 Å². The summed E-state index contributed by atoms with van der Waals surface area (Å²) in [5, 5.41) is 0. The number of hydrogen-bond acceptors (Lipinski definition) is 2. The average molecular weight is 280 g/mol. The Hall–Kier alpha value is -0.0800. The van der Waals surface area contributed by atoms with E-state index in [1.54, 1.807) is 0 Å². The number of nitrogens with two attached hydrogens (primary N) is 1. The molecule has 0 amide bonds. The summed E-state index contributed by atoms with van der Waals surface area (Å²) in [6.45, 7) is 5.74. The third kappa shape index (κ3) is 5.04. The van der Waals surface area contributed by atoms with Crippen LogP contribution in [0.15, 0.2) is 0 Å². The van der Waals surface area contributed by atoms with Crippen molar-refractivity contribution in [2.75, 3.05) is 6.54 Å². The monoisotopic (exact) mass is 280 g/mol. The molecule has 1 unspecified atom stereocenters. The van der Waals surface area contributed by atoms with Crippen LogP contribution in [0.4, 0.5) is 0 Å². The lowest BCUT2D eigenvalue weighted by Crippen LogP contribution is -2.50. The highest BCUT2D eigenvalue weighted by atomic mass is 15.2. The quantitative estimate of drug-likeness (QED) is 0.785. The summed E-state index contributed by atoms with van der Waals surface area (Å²) in [5.74, 6) is 0.726. The summed E-state index contributed by atoms with van der Waals surface area (Å²) in [4.78, 5) is 2.85. The minimum absolute atomic E-state index is 0.374. The van der Waals surface area contributed by atoms with Crippen LogP contribution in [0, 0.1) is 5.92 Å². The van der Waals surface area contributed by atoms with Crippen molar-refractivity contribution in [1.82, 2.24) is 4.90 Å². The summed E-state index contributed by atoms with van der Waals surface area (Å²) in [5.41, 5.74) is 6.45. The molecule has 0 aromatic rings. The average Bonchev–Trinajstić information content (AvgIpc) is 2.46. The van der Waals surface area contributed by atoms with E-state index in [2.05, 4.69) is 18.7 Å². The first-order valence-electron chi connectivity index (χ1n) is 9.18. The van der Waals surface area contributed by atoms with Crippen LogP contribution >= 0.6 is 0 Å². The second-order valence-corrected chi connectivity index (χ2v) is 7.67. The lowest BCUT2D eigenvalue weighted by atomic mass is 9.88. The SMILES string of the molecule is CC(C)CC(N)CN(C1CCCCC1)C1CCCCC1. The van der Waals surface area contributed by atoms with Gasteiger partial charge < -0.3 is 5.73 Å². The van der Waals surface area contributed by atoms with Crippen molar-refractivity contribution in [3.63, 3.8) is 0 Å². The molecule has 0 bridgehead atoms. The van der Waals surface area contributed by atoms with E-state index in [4.69, 9.17) is 5.73 Å². The van der Waals surface area contributed by atoms with Gasteiger partial charge in [0.05, 0.1) is 0 Å². The molecule has 2 nitrogen and oxygen atoms in total. The van der Waals surface area contributed by atoms with Crippen molar-refractivity contribution in [3.8, 4) is 0 Å². The van der Waals surface area contributed by atoms with Gasteiger partial charge in [0.1, 0.15) is 0 Å². The first-order valence-corrected chi connectivity index (χ1v) is 9.18. The van der Waals surface area contributed by atoms with Gasteiger partial charge in [-0.05, 0) is 38.0 Å². The molecule has 2 aliphatic carbocycles. The second-order valence-electron chi connectivity index (χ2n) is 7.67. The second kappa shape index (κ2) is 8.38. The Morgan fingerprint density at radius 2 is 1.30 bits per heavy atom. The van der Waals surface area contributed by atoms with Crippen molar-refractivity contribution in [3.05, 3.63) is 0 Å². The number of rotatable bonds is 6. The predicted octanol–water partition coefficient (Wildman–Crippen LogP) is 4.33. The Balaban J connectivity index is 1.94. The normalized spacial score (nSPS) is 24.4. The van der Waals surface area contributed by atoms with Gasteiger partial charge in [-0.3, -0.25) is 4.90 Å². The highest BCUT2D eigenvalue weighted by molar-refractivity contribution is 4.86. The highest BCUT2D eigenvalue weighted by Gasteiger charge is 2.29. The third-order valence-corrected chi connectivity index (χ3v) is 5.31. The van der Waals surface area contributed by atoms with Gasteiger partial charge in [0.15, 0.2) is 0 Å². The van der Waals surface area contributed by atoms with Crippen molar-refractivity contribution in [1.29, 1.82) is 0 Å². The van der Waals surface area contributed by atoms with Gasteiger partial charge in [-0.25, -0.2) is 0 Å². The van der Waals surface area contributed by atoms with Gasteiger partial charge in [0, 0.05) is 24.7 Å². The van der Waals surface area contributed by atoms with Crippen molar-refractivity contribution in [2.24, 2.45) is 11.7 Å². The first kappa shape index (κ1) is 16.3. The summed E-state index contributed by atoms with van der Waals surface area (Å²) in [7, 11) is 0. The van der Waals surface area contributed by atoms with Gasteiger partial charge in [-0.15, -0.1) is 0 Å². The molecule has 0 aromatic carbocycles.